The number of methoxy groups -OCH3 is 1. The average molecular weight is 446 g/mol. The van der Waals surface area contributed by atoms with Gasteiger partial charge < -0.3 is 19.1 Å². The molecule has 1 aliphatic heterocycles. The van der Waals surface area contributed by atoms with Crippen LogP contribution in [0.15, 0.2) is 42.5 Å². The van der Waals surface area contributed by atoms with E-state index in [4.69, 9.17) is 4.74 Å². The van der Waals surface area contributed by atoms with Gasteiger partial charge in [-0.1, -0.05) is 37.5 Å². The van der Waals surface area contributed by atoms with Crippen LogP contribution in [-0.4, -0.2) is 54.6 Å². The van der Waals surface area contributed by atoms with E-state index in [1.807, 2.05) is 4.90 Å². The van der Waals surface area contributed by atoms with E-state index in [0.717, 1.165) is 12.3 Å². The van der Waals surface area contributed by atoms with E-state index in [9.17, 15) is 4.79 Å². The number of nitrogens with zero attached hydrogens (tertiary/aromatic N) is 3. The van der Waals surface area contributed by atoms with Crippen molar-refractivity contribution in [3.05, 3.63) is 53.6 Å². The van der Waals surface area contributed by atoms with Crippen LogP contribution in [0.5, 0.6) is 5.75 Å². The first kappa shape index (κ1) is 22.0. The summed E-state index contributed by atoms with van der Waals surface area (Å²) < 4.78 is 7.89. The lowest BCUT2D eigenvalue weighted by Gasteiger charge is -2.30. The van der Waals surface area contributed by atoms with E-state index in [1.165, 1.54) is 65.4 Å². The van der Waals surface area contributed by atoms with Gasteiger partial charge in [0.05, 0.1) is 12.8 Å². The summed E-state index contributed by atoms with van der Waals surface area (Å²) in [7, 11) is 5.82. The zero-order valence-corrected chi connectivity index (χ0v) is 20.1. The number of aromatic nitrogens is 1. The molecule has 0 N–H and O–H groups in total. The van der Waals surface area contributed by atoms with E-state index >= 15 is 0 Å². The predicted molar refractivity (Wildman–Crippen MR) is 134 cm³/mol. The minimum atomic E-state index is 0.183. The Kier molecular flexibility index (Phi) is 6.15. The molecule has 2 aromatic carbocycles. The summed E-state index contributed by atoms with van der Waals surface area (Å²) >= 11 is 0. The zero-order chi connectivity index (χ0) is 22.9. The molecular formula is C28H35N3O2. The highest BCUT2D eigenvalue weighted by atomic mass is 16.5. The number of rotatable bonds is 5. The number of hydrogen-bond donors (Lipinski definition) is 0. The van der Waals surface area contributed by atoms with Crippen molar-refractivity contribution in [2.45, 2.75) is 51.1 Å². The minimum Gasteiger partial charge on any atom is -0.497 e. The number of carbonyl (C=O) groups excluding carboxylic acids is 1. The summed E-state index contributed by atoms with van der Waals surface area (Å²) in [6.45, 7) is 2.57. The first-order valence-electron chi connectivity index (χ1n) is 12.3. The monoisotopic (exact) mass is 445 g/mol. The average Bonchev–Trinajstić information content (AvgIpc) is 3.14. The Morgan fingerprint density at radius 3 is 2.58 bits per heavy atom. The smallest absolute Gasteiger partial charge is 0.242 e. The largest absolute Gasteiger partial charge is 0.497 e. The number of amides is 1. The molecule has 0 unspecified atom stereocenters. The number of ether oxygens (including phenoxy) is 1. The van der Waals surface area contributed by atoms with Gasteiger partial charge in [0.1, 0.15) is 12.3 Å². The highest BCUT2D eigenvalue weighted by Crippen LogP contribution is 2.45. The van der Waals surface area contributed by atoms with E-state index in [2.05, 4.69) is 66.0 Å². The quantitative estimate of drug-likeness (QED) is 0.537. The molecule has 1 aromatic heterocycles. The van der Waals surface area contributed by atoms with Gasteiger partial charge >= 0.3 is 0 Å². The first-order valence-corrected chi connectivity index (χ1v) is 12.3. The number of para-hydroxylation sites is 1. The van der Waals surface area contributed by atoms with Gasteiger partial charge in [-0.05, 0) is 68.2 Å². The van der Waals surface area contributed by atoms with E-state index < -0.39 is 0 Å². The molecule has 5 heteroatoms. The van der Waals surface area contributed by atoms with Crippen LogP contribution in [0.3, 0.4) is 0 Å². The summed E-state index contributed by atoms with van der Waals surface area (Å²) in [6.07, 6.45) is 6.37. The summed E-state index contributed by atoms with van der Waals surface area (Å²) in [4.78, 5) is 17.7. The fraction of sp³-hybridized carbons (Fsp3) is 0.464. The van der Waals surface area contributed by atoms with Crippen LogP contribution in [0.25, 0.3) is 22.2 Å². The van der Waals surface area contributed by atoms with E-state index in [-0.39, 0.29) is 5.91 Å². The Labute approximate surface area is 196 Å². The molecule has 33 heavy (non-hydrogen) atoms. The van der Waals surface area contributed by atoms with Gasteiger partial charge in [-0.15, -0.1) is 0 Å². The van der Waals surface area contributed by atoms with Crippen LogP contribution in [0.2, 0.25) is 0 Å². The fourth-order valence-corrected chi connectivity index (χ4v) is 5.70. The van der Waals surface area contributed by atoms with Gasteiger partial charge in [0, 0.05) is 36.1 Å². The van der Waals surface area contributed by atoms with Crippen LogP contribution in [0, 0.1) is 0 Å². The van der Waals surface area contributed by atoms with Crippen molar-refractivity contribution < 1.29 is 9.53 Å². The molecule has 0 atom stereocenters. The first-order chi connectivity index (χ1) is 16.1. The Morgan fingerprint density at radius 2 is 1.82 bits per heavy atom. The Hall–Kier alpha value is -2.79. The standard InChI is InChI=1S/C28H35N3O2/c1-29(2)15-16-30-18-21-17-22(33-3)13-14-23(21)28-27(20-9-5-4-6-10-20)24-11-7-8-12-25(24)31(28)19-26(30)32/h7-8,11-14,17,20H,4-6,9-10,15-16,18-19H2,1-3H3. The molecule has 0 saturated heterocycles. The van der Waals surface area contributed by atoms with Crippen LogP contribution in [0.4, 0.5) is 0 Å². The van der Waals surface area contributed by atoms with E-state index in [0.29, 0.717) is 25.6 Å². The number of hydrogen-bond acceptors (Lipinski definition) is 3. The van der Waals surface area contributed by atoms with Crippen LogP contribution < -0.4 is 4.74 Å². The van der Waals surface area contributed by atoms with Crippen molar-refractivity contribution in [2.24, 2.45) is 0 Å². The van der Waals surface area contributed by atoms with Gasteiger partial charge in [0.15, 0.2) is 0 Å². The maximum Gasteiger partial charge on any atom is 0.242 e. The molecule has 174 valence electrons. The summed E-state index contributed by atoms with van der Waals surface area (Å²) in [5.74, 6) is 1.58. The molecule has 1 saturated carbocycles. The van der Waals surface area contributed by atoms with Gasteiger partial charge in [0.25, 0.3) is 0 Å². The molecule has 5 nitrogen and oxygen atoms in total. The van der Waals surface area contributed by atoms with Gasteiger partial charge in [-0.2, -0.15) is 0 Å². The summed E-state index contributed by atoms with van der Waals surface area (Å²) in [5, 5.41) is 1.32. The van der Waals surface area contributed by atoms with Crippen molar-refractivity contribution in [2.75, 3.05) is 34.3 Å². The molecule has 0 radical (unpaired) electrons. The van der Waals surface area contributed by atoms with Crippen molar-refractivity contribution in [3.63, 3.8) is 0 Å². The second-order valence-corrected chi connectivity index (χ2v) is 9.84. The van der Waals surface area contributed by atoms with Crippen molar-refractivity contribution in [1.29, 1.82) is 0 Å². The Morgan fingerprint density at radius 1 is 1.03 bits per heavy atom. The highest BCUT2D eigenvalue weighted by Gasteiger charge is 2.31. The normalized spacial score (nSPS) is 17.1. The lowest BCUT2D eigenvalue weighted by atomic mass is 9.81. The molecule has 1 amide bonds. The zero-order valence-electron chi connectivity index (χ0n) is 20.1. The molecule has 2 heterocycles. The van der Waals surface area contributed by atoms with Crippen LogP contribution in [0.1, 0.15) is 49.1 Å². The topological polar surface area (TPSA) is 37.7 Å². The fourth-order valence-electron chi connectivity index (χ4n) is 5.70. The minimum absolute atomic E-state index is 0.183. The third-order valence-corrected chi connectivity index (χ3v) is 7.42. The van der Waals surface area contributed by atoms with Crippen LogP contribution >= 0.6 is 0 Å². The molecule has 0 bridgehead atoms. The maximum atomic E-state index is 13.6. The SMILES string of the molecule is COc1ccc2c(c1)CN(CCN(C)C)C(=O)Cn1c-2c(C2CCCCC2)c2ccccc21. The third-order valence-electron chi connectivity index (χ3n) is 7.42. The number of likely N-dealkylation sites (N-methyl/N-ethyl adjacent to an activating group) is 1. The summed E-state index contributed by atoms with van der Waals surface area (Å²) in [5.41, 5.74) is 6.29. The van der Waals surface area contributed by atoms with Gasteiger partial charge in [-0.25, -0.2) is 0 Å². The van der Waals surface area contributed by atoms with Crippen molar-refractivity contribution >= 4 is 16.8 Å². The Bertz CT molecular complexity index is 1160. The van der Waals surface area contributed by atoms with E-state index in [1.54, 1.807) is 7.11 Å². The molecule has 1 fully saturated rings. The molecule has 3 aromatic rings. The third kappa shape index (κ3) is 4.15. The summed E-state index contributed by atoms with van der Waals surface area (Å²) in [6, 6.07) is 15.1. The number of carbonyl (C=O) groups is 1. The van der Waals surface area contributed by atoms with Gasteiger partial charge in [0.2, 0.25) is 5.91 Å². The molecule has 2 aliphatic rings. The van der Waals surface area contributed by atoms with Crippen LogP contribution in [-0.2, 0) is 17.9 Å². The highest BCUT2D eigenvalue weighted by molar-refractivity contribution is 5.95. The second kappa shape index (κ2) is 9.22. The van der Waals surface area contributed by atoms with Crippen molar-refractivity contribution in [3.8, 4) is 17.0 Å². The maximum absolute atomic E-state index is 13.6. The molecular weight excluding hydrogens is 410 g/mol. The lowest BCUT2D eigenvalue weighted by molar-refractivity contribution is -0.132. The predicted octanol–water partition coefficient (Wildman–Crippen LogP) is 5.27. The number of benzene rings is 2. The second-order valence-electron chi connectivity index (χ2n) is 9.84. The molecule has 1 aliphatic carbocycles. The lowest BCUT2D eigenvalue weighted by Crippen LogP contribution is -2.39. The van der Waals surface area contributed by atoms with Gasteiger partial charge in [-0.3, -0.25) is 4.79 Å². The van der Waals surface area contributed by atoms with Crippen molar-refractivity contribution in [1.82, 2.24) is 14.4 Å². The molecule has 5 rings (SSSR count). The molecule has 0 spiro atoms. The number of fused-ring (bicyclic) bond motifs is 5. The Balaban J connectivity index is 1.73.